The fourth-order valence-corrected chi connectivity index (χ4v) is 2.35. The molecule has 3 N–H and O–H groups in total. The molecule has 0 saturated carbocycles. The van der Waals surface area contributed by atoms with Crippen molar-refractivity contribution in [2.24, 2.45) is 0 Å². The lowest BCUT2D eigenvalue weighted by Crippen LogP contribution is -2.40. The van der Waals surface area contributed by atoms with Crippen molar-refractivity contribution in [3.63, 3.8) is 0 Å². The predicted molar refractivity (Wildman–Crippen MR) is 82.2 cm³/mol. The molecule has 2 heterocycles. The largest absolute Gasteiger partial charge is 0.505 e. The van der Waals surface area contributed by atoms with E-state index in [0.29, 0.717) is 32.0 Å². The van der Waals surface area contributed by atoms with E-state index in [1.807, 2.05) is 6.07 Å². The number of methoxy groups -OCH3 is 1. The lowest BCUT2D eigenvalue weighted by molar-refractivity contribution is 0.0597. The van der Waals surface area contributed by atoms with E-state index in [0.717, 1.165) is 0 Å². The van der Waals surface area contributed by atoms with Gasteiger partial charge in [0.15, 0.2) is 5.75 Å². The van der Waals surface area contributed by atoms with Crippen LogP contribution in [0.4, 0.5) is 0 Å². The van der Waals surface area contributed by atoms with Crippen molar-refractivity contribution < 1.29 is 19.4 Å². The molecule has 0 radical (unpaired) electrons. The molecular formula is C15H18N4O4. The number of aryl methyl sites for hydroxylation is 1. The maximum Gasteiger partial charge on any atom is 0.343 e. The Morgan fingerprint density at radius 1 is 1.52 bits per heavy atom. The number of morpholine rings is 1. The first-order valence-corrected chi connectivity index (χ1v) is 7.02. The fourth-order valence-electron chi connectivity index (χ4n) is 2.35. The van der Waals surface area contributed by atoms with Crippen LogP contribution in [0.5, 0.6) is 5.75 Å². The van der Waals surface area contributed by atoms with Crippen LogP contribution in [-0.2, 0) is 9.47 Å². The summed E-state index contributed by atoms with van der Waals surface area (Å²) in [4.78, 5) is 16.2. The summed E-state index contributed by atoms with van der Waals surface area (Å²) in [6, 6.07) is 1.95. The molecule has 23 heavy (non-hydrogen) atoms. The van der Waals surface area contributed by atoms with Crippen molar-refractivity contribution in [3.8, 4) is 11.8 Å². The van der Waals surface area contributed by atoms with Gasteiger partial charge in [-0.3, -0.25) is 5.41 Å². The first-order chi connectivity index (χ1) is 11.0. The summed E-state index contributed by atoms with van der Waals surface area (Å²) in [5.41, 5.74) is 0.724. The van der Waals surface area contributed by atoms with Crippen LogP contribution in [0.15, 0.2) is 5.57 Å². The molecule has 1 aromatic rings. The summed E-state index contributed by atoms with van der Waals surface area (Å²) in [6.07, 6.45) is 1.35. The molecule has 1 aliphatic heterocycles. The van der Waals surface area contributed by atoms with Gasteiger partial charge >= 0.3 is 5.97 Å². The summed E-state index contributed by atoms with van der Waals surface area (Å²) in [5, 5.41) is 27.6. The van der Waals surface area contributed by atoms with E-state index in [-0.39, 0.29) is 28.4 Å². The highest BCUT2D eigenvalue weighted by molar-refractivity contribution is 6.04. The van der Waals surface area contributed by atoms with E-state index in [4.69, 9.17) is 10.1 Å². The number of aromatic nitrogens is 1. The number of nitrogens with zero attached hydrogens (tertiary/aromatic N) is 2. The van der Waals surface area contributed by atoms with Crippen LogP contribution < -0.4 is 0 Å². The summed E-state index contributed by atoms with van der Waals surface area (Å²) in [5.74, 6) is -0.906. The molecule has 1 saturated heterocycles. The zero-order valence-electron chi connectivity index (χ0n) is 13.0. The second-order valence-electron chi connectivity index (χ2n) is 5.00. The minimum Gasteiger partial charge on any atom is -0.505 e. The van der Waals surface area contributed by atoms with Crippen molar-refractivity contribution in [1.82, 2.24) is 9.88 Å². The average molecular weight is 318 g/mol. The number of carbonyl (C=O) groups excluding carboxylic acids is 1. The lowest BCUT2D eigenvalue weighted by atomic mass is 10.1. The third-order valence-corrected chi connectivity index (χ3v) is 3.57. The number of ether oxygens (including phenoxy) is 2. The highest BCUT2D eigenvalue weighted by Gasteiger charge is 2.22. The molecule has 1 fully saturated rings. The summed E-state index contributed by atoms with van der Waals surface area (Å²) in [7, 11) is 1.22. The highest BCUT2D eigenvalue weighted by Crippen LogP contribution is 2.28. The number of aromatic amines is 1. The van der Waals surface area contributed by atoms with E-state index in [1.54, 1.807) is 11.8 Å². The van der Waals surface area contributed by atoms with Crippen molar-refractivity contribution in [1.29, 1.82) is 10.7 Å². The lowest BCUT2D eigenvalue weighted by Gasteiger charge is -2.28. The van der Waals surface area contributed by atoms with Gasteiger partial charge in [0, 0.05) is 18.8 Å². The number of nitrogens with one attached hydrogen (secondary N) is 2. The second-order valence-corrected chi connectivity index (χ2v) is 5.00. The van der Waals surface area contributed by atoms with E-state index in [2.05, 4.69) is 9.72 Å². The van der Waals surface area contributed by atoms with Crippen molar-refractivity contribution in [2.75, 3.05) is 33.4 Å². The Balaban J connectivity index is 2.33. The van der Waals surface area contributed by atoms with Crippen LogP contribution in [-0.4, -0.2) is 60.2 Å². The van der Waals surface area contributed by atoms with Crippen LogP contribution in [0.2, 0.25) is 0 Å². The molecule has 1 aromatic heterocycles. The summed E-state index contributed by atoms with van der Waals surface area (Å²) < 4.78 is 9.84. The van der Waals surface area contributed by atoms with Gasteiger partial charge in [-0.25, -0.2) is 4.79 Å². The third-order valence-electron chi connectivity index (χ3n) is 3.57. The van der Waals surface area contributed by atoms with Gasteiger partial charge < -0.3 is 24.5 Å². The molecule has 1 aliphatic rings. The van der Waals surface area contributed by atoms with Crippen LogP contribution in [0.3, 0.4) is 0 Å². The molecule has 2 rings (SSSR count). The Morgan fingerprint density at radius 3 is 2.74 bits per heavy atom. The van der Waals surface area contributed by atoms with E-state index >= 15 is 0 Å². The van der Waals surface area contributed by atoms with E-state index in [1.165, 1.54) is 13.2 Å². The first kappa shape index (κ1) is 16.6. The second kappa shape index (κ2) is 6.98. The number of aromatic hydroxyl groups is 1. The number of hydrogen-bond acceptors (Lipinski definition) is 6. The minimum absolute atomic E-state index is 0.0222. The molecule has 8 heteroatoms. The number of esters is 1. The zero-order chi connectivity index (χ0) is 17.0. The molecular weight excluding hydrogens is 300 g/mol. The van der Waals surface area contributed by atoms with Crippen LogP contribution >= 0.6 is 0 Å². The van der Waals surface area contributed by atoms with Gasteiger partial charge in [-0.2, -0.15) is 5.26 Å². The molecule has 0 bridgehead atoms. The number of rotatable bonds is 3. The van der Waals surface area contributed by atoms with Gasteiger partial charge in [-0.1, -0.05) is 0 Å². The number of hydrogen-bond donors (Lipinski definition) is 3. The van der Waals surface area contributed by atoms with Crippen molar-refractivity contribution >= 4 is 17.9 Å². The highest BCUT2D eigenvalue weighted by atomic mass is 16.5. The molecule has 8 nitrogen and oxygen atoms in total. The Hall–Kier alpha value is -2.79. The van der Waals surface area contributed by atoms with E-state index < -0.39 is 5.97 Å². The predicted octanol–water partition coefficient (Wildman–Crippen LogP) is 1.03. The standard InChI is InChI=1S/C15H18N4O4/c1-9-12(15(21)22-2)13(20)11(18-9)7-10(8-16)14(17)19-3-5-23-6-4-19/h7,17-18,20H,3-6H2,1-2H3/b10-7+,17-14?. The molecule has 122 valence electrons. The van der Waals surface area contributed by atoms with Crippen LogP contribution in [0, 0.1) is 23.7 Å². The maximum atomic E-state index is 11.7. The smallest absolute Gasteiger partial charge is 0.343 e. The summed E-state index contributed by atoms with van der Waals surface area (Å²) >= 11 is 0. The summed E-state index contributed by atoms with van der Waals surface area (Å²) in [6.45, 7) is 3.67. The molecule has 0 unspecified atom stereocenters. The van der Waals surface area contributed by atoms with E-state index in [9.17, 15) is 15.2 Å². The molecule has 0 atom stereocenters. The Kier molecular flexibility index (Phi) is 5.03. The molecule has 0 aliphatic carbocycles. The van der Waals surface area contributed by atoms with Crippen LogP contribution in [0.25, 0.3) is 6.08 Å². The maximum absolute atomic E-state index is 11.7. The monoisotopic (exact) mass is 318 g/mol. The van der Waals surface area contributed by atoms with Gasteiger partial charge in [0.25, 0.3) is 0 Å². The minimum atomic E-state index is -0.669. The number of carbonyl (C=O) groups is 1. The number of nitriles is 1. The van der Waals surface area contributed by atoms with Gasteiger partial charge in [0.1, 0.15) is 17.5 Å². The Bertz CT molecular complexity index is 693. The Labute approximate surface area is 133 Å². The molecule has 0 aromatic carbocycles. The van der Waals surface area contributed by atoms with Crippen molar-refractivity contribution in [3.05, 3.63) is 22.5 Å². The van der Waals surface area contributed by atoms with Gasteiger partial charge in [-0.15, -0.1) is 0 Å². The Morgan fingerprint density at radius 2 is 2.17 bits per heavy atom. The number of amidine groups is 1. The van der Waals surface area contributed by atoms with Crippen LogP contribution in [0.1, 0.15) is 21.7 Å². The zero-order valence-corrected chi connectivity index (χ0v) is 13.0. The number of H-pyrrole nitrogens is 1. The van der Waals surface area contributed by atoms with Gasteiger partial charge in [-0.05, 0) is 13.0 Å². The first-order valence-electron chi connectivity index (χ1n) is 7.02. The fraction of sp³-hybridized carbons (Fsp3) is 0.400. The van der Waals surface area contributed by atoms with Gasteiger partial charge in [0.2, 0.25) is 0 Å². The molecule has 0 spiro atoms. The normalized spacial score (nSPS) is 15.2. The van der Waals surface area contributed by atoms with Crippen molar-refractivity contribution in [2.45, 2.75) is 6.92 Å². The molecule has 0 amide bonds. The quantitative estimate of drug-likeness (QED) is 0.331. The third kappa shape index (κ3) is 3.35. The average Bonchev–Trinajstić information content (AvgIpc) is 2.85. The topological polar surface area (TPSA) is 122 Å². The van der Waals surface area contributed by atoms with Gasteiger partial charge in [0.05, 0.1) is 31.6 Å². The SMILES string of the molecule is COC(=O)c1c(C)[nH]c(/C=C(\C#N)C(=N)N2CCOCC2)c1O.